The van der Waals surface area contributed by atoms with E-state index in [9.17, 15) is 4.79 Å². The van der Waals surface area contributed by atoms with Gasteiger partial charge < -0.3 is 5.32 Å². The molecule has 0 rings (SSSR count). The van der Waals surface area contributed by atoms with Crippen molar-refractivity contribution >= 4 is 5.91 Å². The lowest BCUT2D eigenvalue weighted by atomic mass is 10.4. The Morgan fingerprint density at radius 3 is 2.21 bits per heavy atom. The highest BCUT2D eigenvalue weighted by atomic mass is 16.1. The van der Waals surface area contributed by atoms with E-state index < -0.39 is 0 Å². The summed E-state index contributed by atoms with van der Waals surface area (Å²) in [4.78, 5) is 10.7. The molecule has 0 bridgehead atoms. The molecule has 0 saturated heterocycles. The monoisotopic (exact) mass is 193 g/mol. The highest BCUT2D eigenvalue weighted by Gasteiger charge is 1.91. The van der Waals surface area contributed by atoms with E-state index in [1.807, 2.05) is 13.8 Å². The molecule has 14 heavy (non-hydrogen) atoms. The third kappa shape index (κ3) is 10.4. The Morgan fingerprint density at radius 1 is 1.21 bits per heavy atom. The summed E-state index contributed by atoms with van der Waals surface area (Å²) in [7, 11) is 0. The van der Waals surface area contributed by atoms with Gasteiger partial charge in [-0.2, -0.15) is 0 Å². The number of allylic oxidation sites excluding steroid dienone is 5. The molecule has 0 fully saturated rings. The minimum atomic E-state index is -0.198. The van der Waals surface area contributed by atoms with Crippen molar-refractivity contribution in [2.45, 2.75) is 20.8 Å². The maximum Gasteiger partial charge on any atom is 0.247 e. The predicted octanol–water partition coefficient (Wildman–Crippen LogP) is 2.96. The van der Waals surface area contributed by atoms with Gasteiger partial charge >= 0.3 is 0 Å². The number of rotatable bonds is 4. The topological polar surface area (TPSA) is 29.1 Å². The normalized spacial score (nSPS) is 10.1. The van der Waals surface area contributed by atoms with Crippen LogP contribution >= 0.6 is 0 Å². The van der Waals surface area contributed by atoms with Gasteiger partial charge in [-0.25, -0.2) is 0 Å². The first kappa shape index (κ1) is 14.9. The van der Waals surface area contributed by atoms with Gasteiger partial charge in [-0.1, -0.05) is 45.2 Å². The molecule has 2 nitrogen and oxygen atoms in total. The number of hydrogen-bond donors (Lipinski definition) is 1. The van der Waals surface area contributed by atoms with Gasteiger partial charge in [-0.05, 0) is 19.1 Å². The van der Waals surface area contributed by atoms with Crippen molar-refractivity contribution in [3.63, 3.8) is 0 Å². The first-order chi connectivity index (χ1) is 6.70. The second kappa shape index (κ2) is 11.4. The van der Waals surface area contributed by atoms with Gasteiger partial charge in [0.15, 0.2) is 0 Å². The quantitative estimate of drug-likeness (QED) is 0.539. The molecule has 0 aromatic carbocycles. The Kier molecular flexibility index (Phi) is 12.2. The second-order valence-electron chi connectivity index (χ2n) is 2.16. The van der Waals surface area contributed by atoms with Crippen molar-refractivity contribution in [1.82, 2.24) is 5.32 Å². The van der Waals surface area contributed by atoms with Crippen molar-refractivity contribution in [3.8, 4) is 0 Å². The molecule has 78 valence electrons. The van der Waals surface area contributed by atoms with Crippen molar-refractivity contribution in [2.24, 2.45) is 0 Å². The molecule has 0 aromatic rings. The number of carbonyl (C=O) groups is 1. The maximum absolute atomic E-state index is 10.7. The van der Waals surface area contributed by atoms with Crippen LogP contribution in [0.15, 0.2) is 49.2 Å². The van der Waals surface area contributed by atoms with E-state index >= 15 is 0 Å². The SMILES string of the molecule is C=C/C=C\C=C(/C)NC(=O)C=C.CC. The lowest BCUT2D eigenvalue weighted by Gasteiger charge is -1.98. The summed E-state index contributed by atoms with van der Waals surface area (Å²) in [5.41, 5.74) is 0.776. The van der Waals surface area contributed by atoms with E-state index in [2.05, 4.69) is 18.5 Å². The summed E-state index contributed by atoms with van der Waals surface area (Å²) >= 11 is 0. The fourth-order valence-corrected chi connectivity index (χ4v) is 0.565. The molecule has 0 spiro atoms. The number of amides is 1. The van der Waals surface area contributed by atoms with Gasteiger partial charge in [0.2, 0.25) is 5.91 Å². The zero-order valence-electron chi connectivity index (χ0n) is 9.21. The Labute approximate surface area is 86.7 Å². The number of hydrogen-bond acceptors (Lipinski definition) is 1. The van der Waals surface area contributed by atoms with Crippen molar-refractivity contribution in [2.75, 3.05) is 0 Å². The number of nitrogens with one attached hydrogen (secondary N) is 1. The van der Waals surface area contributed by atoms with E-state index in [4.69, 9.17) is 0 Å². The van der Waals surface area contributed by atoms with Gasteiger partial charge in [0.1, 0.15) is 0 Å². The molecule has 0 heterocycles. The first-order valence-corrected chi connectivity index (χ1v) is 4.60. The van der Waals surface area contributed by atoms with Gasteiger partial charge in [0.25, 0.3) is 0 Å². The van der Waals surface area contributed by atoms with Gasteiger partial charge in [-0.15, -0.1) is 0 Å². The van der Waals surface area contributed by atoms with Crippen LogP contribution in [0.25, 0.3) is 0 Å². The summed E-state index contributed by atoms with van der Waals surface area (Å²) in [5.74, 6) is -0.198. The van der Waals surface area contributed by atoms with Crippen LogP contribution in [0.3, 0.4) is 0 Å². The van der Waals surface area contributed by atoms with Gasteiger partial charge in [0.05, 0.1) is 0 Å². The van der Waals surface area contributed by atoms with Crippen LogP contribution in [-0.4, -0.2) is 5.91 Å². The standard InChI is InChI=1S/C10H13NO.C2H6/c1-4-6-7-8-9(3)11-10(12)5-2;1-2/h4-8H,1-2H2,3H3,(H,11,12);1-2H3/b7-6-,9-8+;. The Morgan fingerprint density at radius 2 is 1.79 bits per heavy atom. The Hall–Kier alpha value is -1.57. The molecule has 2 heteroatoms. The Bertz CT molecular complexity index is 237. The highest BCUT2D eigenvalue weighted by Crippen LogP contribution is 1.87. The fraction of sp³-hybridized carbons (Fsp3) is 0.250. The van der Waals surface area contributed by atoms with Crippen molar-refractivity contribution in [3.05, 3.63) is 49.2 Å². The lowest BCUT2D eigenvalue weighted by Crippen LogP contribution is -2.17. The van der Waals surface area contributed by atoms with Crippen LogP contribution in [0.4, 0.5) is 0 Å². The summed E-state index contributed by atoms with van der Waals surface area (Å²) in [6.45, 7) is 12.7. The molecule has 0 radical (unpaired) electrons. The van der Waals surface area contributed by atoms with Gasteiger partial charge in [0, 0.05) is 5.70 Å². The van der Waals surface area contributed by atoms with Crippen molar-refractivity contribution < 1.29 is 4.79 Å². The molecule has 0 aliphatic carbocycles. The average Bonchev–Trinajstić information content (AvgIpc) is 2.21. The number of carbonyl (C=O) groups excluding carboxylic acids is 1. The van der Waals surface area contributed by atoms with E-state index in [0.29, 0.717) is 0 Å². The third-order valence-corrected chi connectivity index (χ3v) is 1.10. The molecular formula is C12H19NO. The van der Waals surface area contributed by atoms with E-state index in [1.165, 1.54) is 6.08 Å². The third-order valence-electron chi connectivity index (χ3n) is 1.10. The highest BCUT2D eigenvalue weighted by molar-refractivity contribution is 5.88. The summed E-state index contributed by atoms with van der Waals surface area (Å²) < 4.78 is 0. The van der Waals surface area contributed by atoms with Crippen LogP contribution in [0.2, 0.25) is 0 Å². The summed E-state index contributed by atoms with van der Waals surface area (Å²) in [6.07, 6.45) is 8.26. The molecule has 1 N–H and O–H groups in total. The van der Waals surface area contributed by atoms with Crippen LogP contribution in [-0.2, 0) is 4.79 Å². The minimum Gasteiger partial charge on any atom is -0.327 e. The van der Waals surface area contributed by atoms with Gasteiger partial charge in [-0.3, -0.25) is 4.79 Å². The van der Waals surface area contributed by atoms with Crippen LogP contribution in [0.5, 0.6) is 0 Å². The second-order valence-corrected chi connectivity index (χ2v) is 2.16. The summed E-state index contributed by atoms with van der Waals surface area (Å²) in [6, 6.07) is 0. The molecule has 0 atom stereocenters. The molecule has 0 unspecified atom stereocenters. The minimum absolute atomic E-state index is 0.198. The molecule has 0 aliphatic heterocycles. The van der Waals surface area contributed by atoms with E-state index in [0.717, 1.165) is 5.70 Å². The molecular weight excluding hydrogens is 174 g/mol. The predicted molar refractivity (Wildman–Crippen MR) is 62.8 cm³/mol. The lowest BCUT2D eigenvalue weighted by molar-refractivity contribution is -0.115. The molecule has 0 saturated carbocycles. The van der Waals surface area contributed by atoms with Crippen molar-refractivity contribution in [1.29, 1.82) is 0 Å². The fourth-order valence-electron chi connectivity index (χ4n) is 0.565. The summed E-state index contributed by atoms with van der Waals surface area (Å²) in [5, 5.41) is 2.61. The van der Waals surface area contributed by atoms with E-state index in [-0.39, 0.29) is 5.91 Å². The Balaban J connectivity index is 0. The van der Waals surface area contributed by atoms with Crippen LogP contribution < -0.4 is 5.32 Å². The van der Waals surface area contributed by atoms with Crippen LogP contribution in [0, 0.1) is 0 Å². The zero-order valence-corrected chi connectivity index (χ0v) is 9.21. The van der Waals surface area contributed by atoms with Crippen LogP contribution in [0.1, 0.15) is 20.8 Å². The molecule has 0 aromatic heterocycles. The molecule has 1 amide bonds. The van der Waals surface area contributed by atoms with E-state index in [1.54, 1.807) is 31.2 Å². The average molecular weight is 193 g/mol. The zero-order chi connectivity index (χ0) is 11.4. The largest absolute Gasteiger partial charge is 0.327 e. The maximum atomic E-state index is 10.7. The molecule has 0 aliphatic rings. The smallest absolute Gasteiger partial charge is 0.247 e. The first-order valence-electron chi connectivity index (χ1n) is 4.60.